The maximum atomic E-state index is 2.41. The van der Waals surface area contributed by atoms with Crippen LogP contribution < -0.4 is 0 Å². The van der Waals surface area contributed by atoms with Crippen molar-refractivity contribution >= 4 is 32.2 Å². The summed E-state index contributed by atoms with van der Waals surface area (Å²) in [5.41, 5.74) is 2.75. The van der Waals surface area contributed by atoms with E-state index in [1.165, 1.54) is 24.5 Å². The monoisotopic (exact) mass is 442 g/mol. The molecule has 4 aromatic rings. The van der Waals surface area contributed by atoms with E-state index in [1.54, 1.807) is 3.58 Å². The fraction of sp³-hybridized carbons (Fsp3) is 0. The first-order chi connectivity index (χ1) is 11.9. The van der Waals surface area contributed by atoms with Gasteiger partial charge in [-0.15, -0.1) is 0 Å². The van der Waals surface area contributed by atoms with Crippen molar-refractivity contribution in [3.05, 3.63) is 97.1 Å². The van der Waals surface area contributed by atoms with Gasteiger partial charge in [-0.05, 0) is 0 Å². The SMILES string of the molecule is c1ccc(Sc2cc(-c3ccccc3)[te]c2-c2ccccc2)cc1. The van der Waals surface area contributed by atoms with Crippen molar-refractivity contribution in [2.75, 3.05) is 0 Å². The van der Waals surface area contributed by atoms with E-state index >= 15 is 0 Å². The third-order valence-corrected chi connectivity index (χ3v) is 8.74. The van der Waals surface area contributed by atoms with Crippen LogP contribution in [-0.2, 0) is 0 Å². The Labute approximate surface area is 156 Å². The minimum atomic E-state index is -0.375. The van der Waals surface area contributed by atoms with E-state index in [2.05, 4.69) is 97.1 Å². The summed E-state index contributed by atoms with van der Waals surface area (Å²) in [5.74, 6) is 0. The molecule has 0 atom stereocenters. The van der Waals surface area contributed by atoms with Crippen LogP contribution in [0.2, 0.25) is 0 Å². The predicted octanol–water partition coefficient (Wildman–Crippen LogP) is 6.23. The molecule has 0 aliphatic heterocycles. The van der Waals surface area contributed by atoms with Gasteiger partial charge in [-0.2, -0.15) is 0 Å². The number of benzene rings is 3. The summed E-state index contributed by atoms with van der Waals surface area (Å²) in [4.78, 5) is 2.72. The zero-order chi connectivity index (χ0) is 16.2. The minimum absolute atomic E-state index is 0.375. The van der Waals surface area contributed by atoms with E-state index in [4.69, 9.17) is 0 Å². The molecule has 4 rings (SSSR count). The average Bonchev–Trinajstić information content (AvgIpc) is 3.08. The summed E-state index contributed by atoms with van der Waals surface area (Å²) in [6, 6.07) is 34.8. The molecular formula is C22H16STe. The molecule has 0 spiro atoms. The number of rotatable bonds is 4. The van der Waals surface area contributed by atoms with Gasteiger partial charge < -0.3 is 0 Å². The number of hydrogen-bond donors (Lipinski definition) is 0. The van der Waals surface area contributed by atoms with Crippen molar-refractivity contribution < 1.29 is 0 Å². The summed E-state index contributed by atoms with van der Waals surface area (Å²) in [5, 5.41) is 0. The van der Waals surface area contributed by atoms with Gasteiger partial charge in [-0.25, -0.2) is 0 Å². The van der Waals surface area contributed by atoms with Crippen LogP contribution >= 0.6 is 11.8 Å². The van der Waals surface area contributed by atoms with E-state index < -0.39 is 0 Å². The molecule has 24 heavy (non-hydrogen) atoms. The van der Waals surface area contributed by atoms with Gasteiger partial charge in [-0.1, -0.05) is 0 Å². The first kappa shape index (κ1) is 15.8. The molecule has 0 fully saturated rings. The Kier molecular flexibility index (Phi) is 4.90. The summed E-state index contributed by atoms with van der Waals surface area (Å²) in [6.07, 6.45) is 0. The van der Waals surface area contributed by atoms with E-state index in [0.717, 1.165) is 0 Å². The first-order valence-corrected chi connectivity index (χ1v) is 11.0. The van der Waals surface area contributed by atoms with Crippen molar-refractivity contribution in [3.8, 4) is 18.3 Å². The van der Waals surface area contributed by atoms with Gasteiger partial charge in [0.05, 0.1) is 0 Å². The summed E-state index contributed by atoms with van der Waals surface area (Å²) in [7, 11) is 0. The quantitative estimate of drug-likeness (QED) is 0.340. The summed E-state index contributed by atoms with van der Waals surface area (Å²) < 4.78 is 3.08. The molecule has 116 valence electrons. The van der Waals surface area contributed by atoms with Gasteiger partial charge in [0.2, 0.25) is 0 Å². The molecule has 3 aromatic carbocycles. The van der Waals surface area contributed by atoms with Crippen molar-refractivity contribution in [3.63, 3.8) is 0 Å². The maximum absolute atomic E-state index is 2.41. The van der Waals surface area contributed by atoms with Crippen molar-refractivity contribution in [1.29, 1.82) is 0 Å². The van der Waals surface area contributed by atoms with Crippen molar-refractivity contribution in [1.82, 2.24) is 0 Å². The van der Waals surface area contributed by atoms with E-state index in [0.29, 0.717) is 0 Å². The van der Waals surface area contributed by atoms with Crippen molar-refractivity contribution in [2.24, 2.45) is 0 Å². The number of hydrogen-bond acceptors (Lipinski definition) is 1. The molecule has 0 saturated heterocycles. The van der Waals surface area contributed by atoms with Crippen LogP contribution in [0.5, 0.6) is 0 Å². The Morgan fingerprint density at radius 3 is 1.75 bits per heavy atom. The molecule has 1 aromatic heterocycles. The molecule has 0 unspecified atom stereocenters. The fourth-order valence-electron chi connectivity index (χ4n) is 2.60. The first-order valence-electron chi connectivity index (χ1n) is 7.88. The Balaban J connectivity index is 1.80. The predicted molar refractivity (Wildman–Crippen MR) is 105 cm³/mol. The van der Waals surface area contributed by atoms with Crippen LogP contribution in [0.25, 0.3) is 18.3 Å². The molecule has 1 heterocycles. The van der Waals surface area contributed by atoms with E-state index in [-0.39, 0.29) is 20.4 Å². The molecular weight excluding hydrogens is 424 g/mol. The summed E-state index contributed by atoms with van der Waals surface area (Å²) >= 11 is 1.51. The van der Waals surface area contributed by atoms with Crippen LogP contribution in [0.1, 0.15) is 0 Å². The van der Waals surface area contributed by atoms with Crippen LogP contribution in [0, 0.1) is 0 Å². The van der Waals surface area contributed by atoms with Crippen molar-refractivity contribution in [2.45, 2.75) is 9.79 Å². The van der Waals surface area contributed by atoms with Gasteiger partial charge in [0, 0.05) is 0 Å². The van der Waals surface area contributed by atoms with Crippen LogP contribution in [0.3, 0.4) is 0 Å². The van der Waals surface area contributed by atoms with Crippen LogP contribution in [-0.4, -0.2) is 20.4 Å². The van der Waals surface area contributed by atoms with Crippen LogP contribution in [0.4, 0.5) is 0 Å². The van der Waals surface area contributed by atoms with Gasteiger partial charge in [0.1, 0.15) is 0 Å². The Morgan fingerprint density at radius 2 is 1.12 bits per heavy atom. The Bertz CT molecular complexity index is 912. The molecule has 0 nitrogen and oxygen atoms in total. The van der Waals surface area contributed by atoms with Gasteiger partial charge in [-0.3, -0.25) is 0 Å². The third kappa shape index (κ3) is 3.52. The molecule has 0 N–H and O–H groups in total. The topological polar surface area (TPSA) is 0 Å². The second kappa shape index (κ2) is 7.45. The Hall–Kier alpha value is -1.72. The van der Waals surface area contributed by atoms with Gasteiger partial charge in [0.25, 0.3) is 0 Å². The van der Waals surface area contributed by atoms with Gasteiger partial charge in [0.15, 0.2) is 0 Å². The third-order valence-electron chi connectivity index (χ3n) is 3.76. The molecule has 0 aliphatic rings. The normalized spacial score (nSPS) is 10.7. The average molecular weight is 440 g/mol. The standard InChI is InChI=1S/C22H16STe/c1-4-10-17(11-5-1)21-16-20(23-19-14-8-3-9-15-19)22(24-21)18-12-6-2-7-13-18/h1-16H. The summed E-state index contributed by atoms with van der Waals surface area (Å²) in [6.45, 7) is 0. The fourth-order valence-corrected chi connectivity index (χ4v) is 7.44. The molecule has 0 aliphatic carbocycles. The second-order valence-electron chi connectivity index (χ2n) is 5.45. The molecule has 0 saturated carbocycles. The second-order valence-corrected chi connectivity index (χ2v) is 9.57. The van der Waals surface area contributed by atoms with Crippen LogP contribution in [0.15, 0.2) is 107 Å². The zero-order valence-corrected chi connectivity index (χ0v) is 16.2. The van der Waals surface area contributed by atoms with E-state index in [9.17, 15) is 0 Å². The molecule has 0 amide bonds. The Morgan fingerprint density at radius 1 is 0.583 bits per heavy atom. The molecule has 0 radical (unpaired) electrons. The van der Waals surface area contributed by atoms with Gasteiger partial charge >= 0.3 is 157 Å². The van der Waals surface area contributed by atoms with E-state index in [1.807, 2.05) is 11.8 Å². The molecule has 2 heteroatoms. The zero-order valence-electron chi connectivity index (χ0n) is 13.1. The molecule has 0 bridgehead atoms.